The van der Waals surface area contributed by atoms with Crippen molar-refractivity contribution in [2.45, 2.75) is 19.4 Å². The summed E-state index contributed by atoms with van der Waals surface area (Å²) in [5.41, 5.74) is 2.42. The molecular weight excluding hydrogens is 266 g/mol. The Balaban J connectivity index is 1.92. The van der Waals surface area contributed by atoms with Crippen LogP contribution >= 0.6 is 11.3 Å². The lowest BCUT2D eigenvalue weighted by Crippen LogP contribution is -2.23. The Morgan fingerprint density at radius 1 is 1.15 bits per heavy atom. The van der Waals surface area contributed by atoms with Gasteiger partial charge in [0.1, 0.15) is 11.2 Å². The van der Waals surface area contributed by atoms with Gasteiger partial charge < -0.3 is 5.32 Å². The predicted octanol–water partition coefficient (Wildman–Crippen LogP) is 3.58. The molecule has 3 aromatic rings. The molecule has 0 bridgehead atoms. The molecule has 2 heterocycles. The average molecular weight is 283 g/mol. The second-order valence-electron chi connectivity index (χ2n) is 4.68. The molecule has 20 heavy (non-hydrogen) atoms. The van der Waals surface area contributed by atoms with Crippen molar-refractivity contribution in [1.29, 1.82) is 0 Å². The fourth-order valence-corrected chi connectivity index (χ4v) is 3.19. The molecule has 0 spiro atoms. The van der Waals surface area contributed by atoms with E-state index in [1.54, 1.807) is 17.7 Å². The van der Waals surface area contributed by atoms with Gasteiger partial charge >= 0.3 is 0 Å². The Morgan fingerprint density at radius 3 is 2.80 bits per heavy atom. The van der Waals surface area contributed by atoms with E-state index in [1.807, 2.05) is 6.07 Å². The van der Waals surface area contributed by atoms with Crippen LogP contribution in [0.2, 0.25) is 0 Å². The third kappa shape index (κ3) is 2.71. The summed E-state index contributed by atoms with van der Waals surface area (Å²) in [7, 11) is 0. The molecule has 1 unspecified atom stereocenters. The van der Waals surface area contributed by atoms with Crippen molar-refractivity contribution in [3.05, 3.63) is 59.4 Å². The molecule has 0 fully saturated rings. The first-order chi connectivity index (χ1) is 9.88. The van der Waals surface area contributed by atoms with Gasteiger partial charge in [0, 0.05) is 17.8 Å². The molecule has 0 amide bonds. The summed E-state index contributed by atoms with van der Waals surface area (Å²) in [6.45, 7) is 3.08. The van der Waals surface area contributed by atoms with Gasteiger partial charge in [-0.25, -0.2) is 9.97 Å². The van der Waals surface area contributed by atoms with E-state index in [9.17, 15) is 0 Å². The molecule has 102 valence electrons. The van der Waals surface area contributed by atoms with Crippen molar-refractivity contribution < 1.29 is 0 Å². The van der Waals surface area contributed by atoms with E-state index in [2.05, 4.69) is 57.9 Å². The zero-order valence-corrected chi connectivity index (χ0v) is 12.2. The van der Waals surface area contributed by atoms with E-state index in [1.165, 1.54) is 10.9 Å². The highest BCUT2D eigenvalue weighted by molar-refractivity contribution is 7.16. The number of benzene rings is 1. The van der Waals surface area contributed by atoms with E-state index >= 15 is 0 Å². The number of rotatable bonds is 5. The van der Waals surface area contributed by atoms with Crippen LogP contribution in [0.1, 0.15) is 24.2 Å². The Bertz CT molecular complexity index is 678. The minimum atomic E-state index is 0.291. The lowest BCUT2D eigenvalue weighted by atomic mass is 10.0. The topological polar surface area (TPSA) is 37.8 Å². The minimum Gasteiger partial charge on any atom is -0.310 e. The zero-order chi connectivity index (χ0) is 13.8. The highest BCUT2D eigenvalue weighted by atomic mass is 32.1. The van der Waals surface area contributed by atoms with Crippen molar-refractivity contribution in [2.75, 3.05) is 6.54 Å². The van der Waals surface area contributed by atoms with Crippen LogP contribution in [-0.4, -0.2) is 16.5 Å². The van der Waals surface area contributed by atoms with Gasteiger partial charge in [0.2, 0.25) is 0 Å². The van der Waals surface area contributed by atoms with Crippen LogP contribution in [0.15, 0.2) is 48.1 Å². The molecule has 1 aromatic carbocycles. The molecular formula is C16H17N3S. The van der Waals surface area contributed by atoms with Gasteiger partial charge in [-0.15, -0.1) is 11.3 Å². The molecule has 0 aliphatic carbocycles. The fraction of sp³-hybridized carbons (Fsp3) is 0.250. The van der Waals surface area contributed by atoms with Crippen LogP contribution in [0.3, 0.4) is 0 Å². The average Bonchev–Trinajstić information content (AvgIpc) is 2.97. The van der Waals surface area contributed by atoms with Crippen LogP contribution in [0.4, 0.5) is 0 Å². The highest BCUT2D eigenvalue weighted by Crippen LogP contribution is 2.24. The molecule has 0 aliphatic heterocycles. The van der Waals surface area contributed by atoms with Crippen molar-refractivity contribution in [3.63, 3.8) is 0 Å². The number of fused-ring (bicyclic) bond motifs is 1. The van der Waals surface area contributed by atoms with Gasteiger partial charge in [0.15, 0.2) is 0 Å². The summed E-state index contributed by atoms with van der Waals surface area (Å²) in [5, 5.41) is 6.80. The first-order valence-corrected chi connectivity index (χ1v) is 7.72. The van der Waals surface area contributed by atoms with Gasteiger partial charge in [-0.3, -0.25) is 0 Å². The number of nitrogens with zero attached hydrogens (tertiary/aromatic N) is 2. The van der Waals surface area contributed by atoms with Crippen LogP contribution in [0.25, 0.3) is 10.2 Å². The van der Waals surface area contributed by atoms with Crippen molar-refractivity contribution >= 4 is 21.6 Å². The van der Waals surface area contributed by atoms with Crippen LogP contribution in [-0.2, 0) is 6.42 Å². The second-order valence-corrected chi connectivity index (χ2v) is 5.58. The summed E-state index contributed by atoms with van der Waals surface area (Å²) in [6.07, 6.45) is 2.55. The van der Waals surface area contributed by atoms with E-state index in [4.69, 9.17) is 0 Å². The lowest BCUT2D eigenvalue weighted by Gasteiger charge is -2.18. The minimum absolute atomic E-state index is 0.291. The Labute approximate surface area is 122 Å². The summed E-state index contributed by atoms with van der Waals surface area (Å²) in [6, 6.07) is 13.0. The molecule has 0 radical (unpaired) electrons. The van der Waals surface area contributed by atoms with Gasteiger partial charge in [-0.05, 0) is 23.6 Å². The molecule has 0 aliphatic rings. The maximum absolute atomic E-state index is 4.48. The molecule has 1 atom stereocenters. The lowest BCUT2D eigenvalue weighted by molar-refractivity contribution is 0.545. The van der Waals surface area contributed by atoms with E-state index in [0.717, 1.165) is 23.5 Å². The molecule has 2 aromatic heterocycles. The molecule has 1 N–H and O–H groups in total. The fourth-order valence-electron chi connectivity index (χ4n) is 2.44. The normalized spacial score (nSPS) is 12.7. The SMILES string of the molecule is CCNC(Cc1ncnc2sccc12)c1ccccc1. The van der Waals surface area contributed by atoms with E-state index in [-0.39, 0.29) is 0 Å². The van der Waals surface area contributed by atoms with E-state index < -0.39 is 0 Å². The zero-order valence-electron chi connectivity index (χ0n) is 11.4. The number of hydrogen-bond donors (Lipinski definition) is 1. The van der Waals surface area contributed by atoms with Crippen LogP contribution in [0.5, 0.6) is 0 Å². The summed E-state index contributed by atoms with van der Waals surface area (Å²) in [4.78, 5) is 9.86. The molecule has 3 nitrogen and oxygen atoms in total. The summed E-state index contributed by atoms with van der Waals surface area (Å²) >= 11 is 1.67. The summed E-state index contributed by atoms with van der Waals surface area (Å²) < 4.78 is 0. The Kier molecular flexibility index (Phi) is 4.04. The maximum Gasteiger partial charge on any atom is 0.126 e. The molecule has 0 saturated carbocycles. The third-order valence-corrected chi connectivity index (χ3v) is 4.21. The van der Waals surface area contributed by atoms with Crippen molar-refractivity contribution in [2.24, 2.45) is 0 Å². The number of aromatic nitrogens is 2. The van der Waals surface area contributed by atoms with Crippen LogP contribution in [0, 0.1) is 0 Å². The quantitative estimate of drug-likeness (QED) is 0.777. The first kappa shape index (κ1) is 13.2. The number of hydrogen-bond acceptors (Lipinski definition) is 4. The second kappa shape index (κ2) is 6.11. The number of nitrogens with one attached hydrogen (secondary N) is 1. The molecule has 3 rings (SSSR count). The third-order valence-electron chi connectivity index (χ3n) is 3.39. The highest BCUT2D eigenvalue weighted by Gasteiger charge is 2.14. The van der Waals surface area contributed by atoms with Gasteiger partial charge in [0.05, 0.1) is 5.69 Å². The van der Waals surface area contributed by atoms with Gasteiger partial charge in [0.25, 0.3) is 0 Å². The molecule has 4 heteroatoms. The molecule has 0 saturated heterocycles. The predicted molar refractivity (Wildman–Crippen MR) is 84.0 cm³/mol. The van der Waals surface area contributed by atoms with Gasteiger partial charge in [-0.1, -0.05) is 37.3 Å². The van der Waals surface area contributed by atoms with Crippen molar-refractivity contribution in [3.8, 4) is 0 Å². The van der Waals surface area contributed by atoms with Gasteiger partial charge in [-0.2, -0.15) is 0 Å². The Morgan fingerprint density at radius 2 is 2.00 bits per heavy atom. The monoisotopic (exact) mass is 283 g/mol. The first-order valence-electron chi connectivity index (χ1n) is 6.84. The van der Waals surface area contributed by atoms with Crippen molar-refractivity contribution in [1.82, 2.24) is 15.3 Å². The number of likely N-dealkylation sites (N-methyl/N-ethyl adjacent to an activating group) is 1. The maximum atomic E-state index is 4.48. The Hall–Kier alpha value is -1.78. The standard InChI is InChI=1S/C16H17N3S/c1-2-17-14(12-6-4-3-5-7-12)10-15-13-8-9-20-16(13)19-11-18-15/h3-9,11,14,17H,2,10H2,1H3. The largest absolute Gasteiger partial charge is 0.310 e. The van der Waals surface area contributed by atoms with Crippen LogP contribution < -0.4 is 5.32 Å². The van der Waals surface area contributed by atoms with E-state index in [0.29, 0.717) is 6.04 Å². The smallest absolute Gasteiger partial charge is 0.126 e. The summed E-state index contributed by atoms with van der Waals surface area (Å²) in [5.74, 6) is 0. The number of thiophene rings is 1.